The first-order valence-corrected chi connectivity index (χ1v) is 11.9. The van der Waals surface area contributed by atoms with E-state index in [1.807, 2.05) is 32.0 Å². The maximum atomic E-state index is 13.5. The van der Waals surface area contributed by atoms with Crippen LogP contribution in [-0.2, 0) is 12.8 Å². The Morgan fingerprint density at radius 2 is 1.54 bits per heavy atom. The third-order valence-corrected chi connectivity index (χ3v) is 6.75. The van der Waals surface area contributed by atoms with Crippen LogP contribution < -0.4 is 5.32 Å². The number of aldehydes is 1. The molecule has 0 bridgehead atoms. The molecule has 1 heterocycles. The average Bonchev–Trinajstić information content (AvgIpc) is 2.88. The number of hydrogen-bond acceptors (Lipinski definition) is 5. The van der Waals surface area contributed by atoms with Crippen molar-refractivity contribution in [3.63, 3.8) is 0 Å². The molecule has 180 valence electrons. The van der Waals surface area contributed by atoms with Crippen molar-refractivity contribution in [3.8, 4) is 0 Å². The van der Waals surface area contributed by atoms with Gasteiger partial charge in [0.2, 0.25) is 0 Å². The first-order valence-electron chi connectivity index (χ1n) is 11.9. The van der Waals surface area contributed by atoms with E-state index < -0.39 is 23.8 Å². The Balaban J connectivity index is 1.91. The molecule has 0 radical (unpaired) electrons. The molecule has 2 N–H and O–H groups in total. The summed E-state index contributed by atoms with van der Waals surface area (Å²) in [5.74, 6) is -1.52. The number of nitrogens with one attached hydrogen (secondary N) is 1. The second-order valence-electron chi connectivity index (χ2n) is 8.57. The number of nitrogens with zero attached hydrogens (tertiary/aromatic N) is 1. The SMILES string of the molecule is CCc1cccc(CC)c1NC(=O)c1ccc2c3c(ccc(C=O)c13)C(=O)N(C(CC)CO)C2=O. The van der Waals surface area contributed by atoms with Crippen LogP contribution in [0.5, 0.6) is 0 Å². The van der Waals surface area contributed by atoms with Crippen LogP contribution in [0, 0.1) is 0 Å². The zero-order valence-electron chi connectivity index (χ0n) is 20.1. The Morgan fingerprint density at radius 3 is 2.06 bits per heavy atom. The Morgan fingerprint density at radius 1 is 0.943 bits per heavy atom. The lowest BCUT2D eigenvalue weighted by Crippen LogP contribution is -2.48. The molecule has 1 atom stereocenters. The molecule has 35 heavy (non-hydrogen) atoms. The topological polar surface area (TPSA) is 104 Å². The van der Waals surface area contributed by atoms with E-state index >= 15 is 0 Å². The predicted octanol–water partition coefficient (Wildman–Crippen LogP) is 4.40. The molecule has 0 aromatic heterocycles. The highest BCUT2D eigenvalue weighted by molar-refractivity contribution is 6.30. The van der Waals surface area contributed by atoms with Crippen LogP contribution in [0.3, 0.4) is 0 Å². The third kappa shape index (κ3) is 3.91. The summed E-state index contributed by atoms with van der Waals surface area (Å²) in [6.45, 7) is 5.46. The molecule has 1 aliphatic heterocycles. The fraction of sp³-hybridized carbons (Fsp3) is 0.286. The molecule has 0 fully saturated rings. The number of imide groups is 1. The van der Waals surface area contributed by atoms with E-state index in [0.717, 1.165) is 34.6 Å². The minimum atomic E-state index is -0.662. The summed E-state index contributed by atoms with van der Waals surface area (Å²) in [4.78, 5) is 53.2. The Bertz CT molecular complexity index is 1310. The van der Waals surface area contributed by atoms with Crippen molar-refractivity contribution in [3.05, 3.63) is 75.8 Å². The molecule has 7 nitrogen and oxygen atoms in total. The maximum Gasteiger partial charge on any atom is 0.261 e. The Hall–Kier alpha value is -3.84. The van der Waals surface area contributed by atoms with Crippen molar-refractivity contribution in [1.82, 2.24) is 4.90 Å². The van der Waals surface area contributed by atoms with Crippen LogP contribution in [0.1, 0.15) is 79.8 Å². The summed E-state index contributed by atoms with van der Waals surface area (Å²) in [7, 11) is 0. The molecule has 7 heteroatoms. The standard InChI is InChI=1S/C28H28N2O5/c1-4-16-8-7-9-17(5-2)25(16)29-26(33)20-12-13-22-24-21(11-10-18(14-31)23(20)24)27(34)30(28(22)35)19(6-3)15-32/h7-14,19,32H,4-6,15H2,1-3H3,(H,29,33). The van der Waals surface area contributed by atoms with E-state index in [1.54, 1.807) is 6.92 Å². The van der Waals surface area contributed by atoms with Crippen LogP contribution in [0.2, 0.25) is 0 Å². The summed E-state index contributed by atoms with van der Waals surface area (Å²) in [5.41, 5.74) is 3.61. The van der Waals surface area contributed by atoms with Crippen molar-refractivity contribution in [2.45, 2.75) is 46.1 Å². The summed E-state index contributed by atoms with van der Waals surface area (Å²) in [5, 5.41) is 13.3. The van der Waals surface area contributed by atoms with Gasteiger partial charge in [0.15, 0.2) is 6.29 Å². The fourth-order valence-electron chi connectivity index (χ4n) is 4.83. The summed E-state index contributed by atoms with van der Waals surface area (Å²) >= 11 is 0. The molecule has 1 aliphatic rings. The highest BCUT2D eigenvalue weighted by atomic mass is 16.3. The van der Waals surface area contributed by atoms with Gasteiger partial charge >= 0.3 is 0 Å². The first kappa shape index (κ1) is 24.3. The van der Waals surface area contributed by atoms with Crippen molar-refractivity contribution >= 4 is 40.5 Å². The van der Waals surface area contributed by atoms with Gasteiger partial charge in [-0.3, -0.25) is 24.1 Å². The number of rotatable bonds is 8. The van der Waals surface area contributed by atoms with Gasteiger partial charge in [0.05, 0.1) is 12.6 Å². The molecule has 4 rings (SSSR count). The summed E-state index contributed by atoms with van der Waals surface area (Å²) < 4.78 is 0. The monoisotopic (exact) mass is 472 g/mol. The van der Waals surface area contributed by atoms with Crippen molar-refractivity contribution in [2.75, 3.05) is 11.9 Å². The molecule has 0 spiro atoms. The molecule has 0 aliphatic carbocycles. The van der Waals surface area contributed by atoms with Crippen molar-refractivity contribution in [1.29, 1.82) is 0 Å². The van der Waals surface area contributed by atoms with Crippen molar-refractivity contribution < 1.29 is 24.3 Å². The van der Waals surface area contributed by atoms with E-state index in [9.17, 15) is 24.3 Å². The quantitative estimate of drug-likeness (QED) is 0.374. The normalized spacial score (nSPS) is 13.8. The summed E-state index contributed by atoms with van der Waals surface area (Å²) in [6.07, 6.45) is 2.49. The van der Waals surface area contributed by atoms with E-state index in [-0.39, 0.29) is 34.2 Å². The van der Waals surface area contributed by atoms with Crippen LogP contribution in [-0.4, -0.2) is 46.7 Å². The minimum absolute atomic E-state index is 0.212. The predicted molar refractivity (Wildman–Crippen MR) is 134 cm³/mol. The van der Waals surface area contributed by atoms with E-state index in [1.165, 1.54) is 24.3 Å². The van der Waals surface area contributed by atoms with E-state index in [0.29, 0.717) is 18.1 Å². The van der Waals surface area contributed by atoms with Gasteiger partial charge in [-0.05, 0) is 48.6 Å². The van der Waals surface area contributed by atoms with Gasteiger partial charge in [0, 0.05) is 38.7 Å². The van der Waals surface area contributed by atoms with Crippen LogP contribution in [0.4, 0.5) is 5.69 Å². The summed E-state index contributed by atoms with van der Waals surface area (Å²) in [6, 6.07) is 11.3. The number of anilines is 1. The molecule has 3 aromatic rings. The fourth-order valence-corrected chi connectivity index (χ4v) is 4.83. The lowest BCUT2D eigenvalue weighted by atomic mass is 9.87. The molecule has 1 unspecified atom stereocenters. The molecule has 0 saturated carbocycles. The second kappa shape index (κ2) is 9.80. The second-order valence-corrected chi connectivity index (χ2v) is 8.57. The minimum Gasteiger partial charge on any atom is -0.394 e. The van der Waals surface area contributed by atoms with Gasteiger partial charge in [0.1, 0.15) is 0 Å². The Labute approximate surface area is 203 Å². The number of hydrogen-bond donors (Lipinski definition) is 2. The average molecular weight is 473 g/mol. The van der Waals surface area contributed by atoms with Gasteiger partial charge in [-0.25, -0.2) is 0 Å². The highest BCUT2D eigenvalue weighted by Gasteiger charge is 2.38. The number of carbonyl (C=O) groups excluding carboxylic acids is 4. The highest BCUT2D eigenvalue weighted by Crippen LogP contribution is 2.36. The van der Waals surface area contributed by atoms with Gasteiger partial charge in [-0.15, -0.1) is 0 Å². The van der Waals surface area contributed by atoms with Gasteiger partial charge in [-0.1, -0.05) is 45.0 Å². The molecular formula is C28H28N2O5. The van der Waals surface area contributed by atoms with Crippen LogP contribution >= 0.6 is 0 Å². The lowest BCUT2D eigenvalue weighted by molar-refractivity contribution is 0.0465. The van der Waals surface area contributed by atoms with Gasteiger partial charge in [0.25, 0.3) is 17.7 Å². The molecule has 0 saturated heterocycles. The molecule has 3 aromatic carbocycles. The van der Waals surface area contributed by atoms with Gasteiger partial charge < -0.3 is 10.4 Å². The first-order chi connectivity index (χ1) is 16.9. The lowest BCUT2D eigenvalue weighted by Gasteiger charge is -2.33. The zero-order valence-corrected chi connectivity index (χ0v) is 20.1. The van der Waals surface area contributed by atoms with Gasteiger partial charge in [-0.2, -0.15) is 0 Å². The molecular weight excluding hydrogens is 444 g/mol. The molecule has 3 amide bonds. The number of para-hydroxylation sites is 1. The van der Waals surface area contributed by atoms with E-state index in [4.69, 9.17) is 0 Å². The number of benzene rings is 3. The number of aliphatic hydroxyl groups is 1. The number of carbonyl (C=O) groups is 4. The third-order valence-electron chi connectivity index (χ3n) is 6.75. The Kier molecular flexibility index (Phi) is 6.80. The smallest absolute Gasteiger partial charge is 0.261 e. The van der Waals surface area contributed by atoms with Crippen LogP contribution in [0.25, 0.3) is 10.8 Å². The largest absolute Gasteiger partial charge is 0.394 e. The van der Waals surface area contributed by atoms with E-state index in [2.05, 4.69) is 5.32 Å². The zero-order chi connectivity index (χ0) is 25.3. The number of aryl methyl sites for hydroxylation is 2. The number of aliphatic hydroxyl groups excluding tert-OH is 1. The van der Waals surface area contributed by atoms with Crippen molar-refractivity contribution in [2.24, 2.45) is 0 Å². The number of amides is 3. The van der Waals surface area contributed by atoms with Crippen LogP contribution in [0.15, 0.2) is 42.5 Å². The maximum absolute atomic E-state index is 13.5.